The van der Waals surface area contributed by atoms with Gasteiger partial charge in [0.25, 0.3) is 0 Å². The molecule has 1 aliphatic heterocycles. The average Bonchev–Trinajstić information content (AvgIpc) is 2.75. The first kappa shape index (κ1) is 13.9. The fourth-order valence-electron chi connectivity index (χ4n) is 2.60. The molecule has 0 amide bonds. The Morgan fingerprint density at radius 3 is 3.00 bits per heavy atom. The molecule has 2 rings (SSSR count). The summed E-state index contributed by atoms with van der Waals surface area (Å²) in [7, 11) is 2.08. The Morgan fingerprint density at radius 1 is 1.61 bits per heavy atom. The van der Waals surface area contributed by atoms with Crippen LogP contribution in [-0.4, -0.2) is 48.4 Å². The number of aryl methyl sites for hydroxylation is 1. The third-order valence-electron chi connectivity index (χ3n) is 3.44. The van der Waals surface area contributed by atoms with Gasteiger partial charge >= 0.3 is 0 Å². The summed E-state index contributed by atoms with van der Waals surface area (Å²) in [6.07, 6.45) is 2.09. The lowest BCUT2D eigenvalue weighted by molar-refractivity contribution is -0.0532. The predicted molar refractivity (Wildman–Crippen MR) is 72.8 cm³/mol. The Balaban J connectivity index is 1.90. The molecule has 0 saturated carbocycles. The Kier molecular flexibility index (Phi) is 4.72. The van der Waals surface area contributed by atoms with Crippen LogP contribution in [-0.2, 0) is 11.3 Å². The van der Waals surface area contributed by atoms with Crippen molar-refractivity contribution in [2.24, 2.45) is 5.41 Å². The summed E-state index contributed by atoms with van der Waals surface area (Å²) in [5.41, 5.74) is 1.03. The lowest BCUT2D eigenvalue weighted by atomic mass is 9.83. The smallest absolute Gasteiger partial charge is 0.0897 e. The molecule has 0 aliphatic carbocycles. The number of aliphatic hydroxyl groups excluding tert-OH is 1. The van der Waals surface area contributed by atoms with Gasteiger partial charge in [0.15, 0.2) is 0 Å². The molecule has 1 fully saturated rings. The summed E-state index contributed by atoms with van der Waals surface area (Å²) in [5.74, 6) is 0. The van der Waals surface area contributed by atoms with Gasteiger partial charge in [-0.2, -0.15) is 0 Å². The van der Waals surface area contributed by atoms with Gasteiger partial charge in [0.05, 0.1) is 23.9 Å². The summed E-state index contributed by atoms with van der Waals surface area (Å²) in [5, 5.41) is 12.9. The Bertz CT molecular complexity index is 375. The van der Waals surface area contributed by atoms with Crippen molar-refractivity contribution >= 4 is 11.3 Å². The third kappa shape index (κ3) is 3.51. The van der Waals surface area contributed by atoms with Crippen LogP contribution >= 0.6 is 11.3 Å². The summed E-state index contributed by atoms with van der Waals surface area (Å²) in [6, 6.07) is 0. The molecule has 4 nitrogen and oxygen atoms in total. The van der Waals surface area contributed by atoms with Crippen molar-refractivity contribution in [1.29, 1.82) is 0 Å². The largest absolute Gasteiger partial charge is 0.396 e. The maximum absolute atomic E-state index is 9.64. The summed E-state index contributed by atoms with van der Waals surface area (Å²) < 4.78 is 5.53. The van der Waals surface area contributed by atoms with E-state index in [4.69, 9.17) is 4.74 Å². The number of rotatable bonds is 5. The van der Waals surface area contributed by atoms with Crippen LogP contribution in [0.15, 0.2) is 5.38 Å². The number of nitrogens with zero attached hydrogens (tertiary/aromatic N) is 2. The van der Waals surface area contributed by atoms with Gasteiger partial charge in [-0.3, -0.25) is 4.90 Å². The van der Waals surface area contributed by atoms with Crippen LogP contribution in [0.2, 0.25) is 0 Å². The van der Waals surface area contributed by atoms with Crippen molar-refractivity contribution in [3.63, 3.8) is 0 Å². The van der Waals surface area contributed by atoms with Crippen LogP contribution in [0.3, 0.4) is 0 Å². The highest BCUT2D eigenvalue weighted by Crippen LogP contribution is 2.29. The van der Waals surface area contributed by atoms with Crippen LogP contribution in [0.5, 0.6) is 0 Å². The molecule has 1 saturated heterocycles. The lowest BCUT2D eigenvalue weighted by Gasteiger charge is -2.38. The summed E-state index contributed by atoms with van der Waals surface area (Å²) >= 11 is 1.69. The first-order valence-corrected chi connectivity index (χ1v) is 7.30. The zero-order valence-corrected chi connectivity index (χ0v) is 12.0. The highest BCUT2D eigenvalue weighted by atomic mass is 32.1. The fraction of sp³-hybridized carbons (Fsp3) is 0.769. The van der Waals surface area contributed by atoms with E-state index in [1.807, 2.05) is 6.92 Å². The first-order chi connectivity index (χ1) is 8.63. The number of hydrogen-bond donors (Lipinski definition) is 1. The normalized spacial score (nSPS) is 24.7. The minimum absolute atomic E-state index is 0.0853. The molecule has 102 valence electrons. The van der Waals surface area contributed by atoms with Gasteiger partial charge in [0, 0.05) is 30.5 Å². The van der Waals surface area contributed by atoms with E-state index >= 15 is 0 Å². The molecule has 0 bridgehead atoms. The number of aliphatic hydroxyl groups is 1. The topological polar surface area (TPSA) is 45.6 Å². The zero-order chi connectivity index (χ0) is 13.0. The fourth-order valence-corrected chi connectivity index (χ4v) is 3.20. The highest BCUT2D eigenvalue weighted by Gasteiger charge is 2.33. The van der Waals surface area contributed by atoms with E-state index < -0.39 is 0 Å². The van der Waals surface area contributed by atoms with Crippen molar-refractivity contribution in [3.05, 3.63) is 16.1 Å². The standard InChI is InChI=1S/C13H22N2O2S/c1-11-14-12(7-18-11)6-15(2)8-13(9-16)4-3-5-17-10-13/h7,16H,3-6,8-10H2,1-2H3. The summed E-state index contributed by atoms with van der Waals surface area (Å²) in [4.78, 5) is 6.71. The average molecular weight is 270 g/mol. The molecule has 2 heterocycles. The van der Waals surface area contributed by atoms with Crippen molar-refractivity contribution in [3.8, 4) is 0 Å². The van der Waals surface area contributed by atoms with E-state index in [2.05, 4.69) is 22.3 Å². The van der Waals surface area contributed by atoms with E-state index in [0.717, 1.165) is 43.2 Å². The molecule has 1 unspecified atom stereocenters. The molecule has 1 aromatic rings. The first-order valence-electron chi connectivity index (χ1n) is 6.42. The molecule has 0 spiro atoms. The maximum Gasteiger partial charge on any atom is 0.0897 e. The molecule has 0 aromatic carbocycles. The lowest BCUT2D eigenvalue weighted by Crippen LogP contribution is -2.44. The van der Waals surface area contributed by atoms with E-state index in [0.29, 0.717) is 6.61 Å². The van der Waals surface area contributed by atoms with E-state index in [9.17, 15) is 5.11 Å². The van der Waals surface area contributed by atoms with Crippen LogP contribution in [0.1, 0.15) is 23.5 Å². The number of hydrogen-bond acceptors (Lipinski definition) is 5. The second kappa shape index (κ2) is 6.10. The summed E-state index contributed by atoms with van der Waals surface area (Å²) in [6.45, 7) is 5.43. The number of aromatic nitrogens is 1. The molecule has 0 radical (unpaired) electrons. The molecule has 1 aromatic heterocycles. The van der Waals surface area contributed by atoms with Crippen LogP contribution in [0.4, 0.5) is 0 Å². The monoisotopic (exact) mass is 270 g/mol. The van der Waals surface area contributed by atoms with Gasteiger partial charge in [0.1, 0.15) is 0 Å². The SMILES string of the molecule is Cc1nc(CN(C)CC2(CO)CCCOC2)cs1. The molecular weight excluding hydrogens is 248 g/mol. The minimum atomic E-state index is -0.0853. The van der Waals surface area contributed by atoms with Crippen molar-refractivity contribution in [2.75, 3.05) is 33.4 Å². The maximum atomic E-state index is 9.64. The molecule has 1 N–H and O–H groups in total. The minimum Gasteiger partial charge on any atom is -0.396 e. The second-order valence-electron chi connectivity index (χ2n) is 5.34. The molecule has 1 aliphatic rings. The molecular formula is C13H22N2O2S. The van der Waals surface area contributed by atoms with Gasteiger partial charge in [-0.25, -0.2) is 4.98 Å². The number of thiazole rings is 1. The second-order valence-corrected chi connectivity index (χ2v) is 6.41. The Morgan fingerprint density at radius 2 is 2.44 bits per heavy atom. The van der Waals surface area contributed by atoms with Crippen molar-refractivity contribution in [1.82, 2.24) is 9.88 Å². The van der Waals surface area contributed by atoms with Crippen molar-refractivity contribution < 1.29 is 9.84 Å². The molecule has 18 heavy (non-hydrogen) atoms. The van der Waals surface area contributed by atoms with Gasteiger partial charge < -0.3 is 9.84 Å². The Labute approximate surface area is 113 Å². The van der Waals surface area contributed by atoms with Crippen LogP contribution in [0.25, 0.3) is 0 Å². The zero-order valence-electron chi connectivity index (χ0n) is 11.2. The highest BCUT2D eigenvalue weighted by molar-refractivity contribution is 7.09. The van der Waals surface area contributed by atoms with E-state index in [1.54, 1.807) is 11.3 Å². The van der Waals surface area contributed by atoms with Gasteiger partial charge in [-0.15, -0.1) is 11.3 Å². The van der Waals surface area contributed by atoms with Gasteiger partial charge in [-0.05, 0) is 26.8 Å². The van der Waals surface area contributed by atoms with E-state index in [1.165, 1.54) is 0 Å². The van der Waals surface area contributed by atoms with Crippen LogP contribution in [0, 0.1) is 12.3 Å². The van der Waals surface area contributed by atoms with E-state index in [-0.39, 0.29) is 12.0 Å². The quantitative estimate of drug-likeness (QED) is 0.884. The third-order valence-corrected chi connectivity index (χ3v) is 4.27. The predicted octanol–water partition coefficient (Wildman–Crippen LogP) is 1.67. The van der Waals surface area contributed by atoms with Gasteiger partial charge in [0.2, 0.25) is 0 Å². The molecule has 1 atom stereocenters. The van der Waals surface area contributed by atoms with Gasteiger partial charge in [-0.1, -0.05) is 0 Å². The van der Waals surface area contributed by atoms with Crippen molar-refractivity contribution in [2.45, 2.75) is 26.3 Å². The molecule has 5 heteroatoms. The Hall–Kier alpha value is -0.490. The van der Waals surface area contributed by atoms with Crippen LogP contribution < -0.4 is 0 Å². The number of ether oxygens (including phenoxy) is 1.